The third-order valence-corrected chi connectivity index (χ3v) is 6.48. The van der Waals surface area contributed by atoms with Crippen LogP contribution in [0.3, 0.4) is 0 Å². The summed E-state index contributed by atoms with van der Waals surface area (Å²) < 4.78 is 0. The molecule has 3 atom stereocenters. The van der Waals surface area contributed by atoms with Gasteiger partial charge in [-0.15, -0.1) is 11.8 Å². The largest absolute Gasteiger partial charge is 0.324 e. The Morgan fingerprint density at radius 3 is 2.78 bits per heavy atom. The Balaban J connectivity index is 2.24. The third kappa shape index (κ3) is 3.00. The highest BCUT2D eigenvalue weighted by Gasteiger charge is 2.28. The van der Waals surface area contributed by atoms with Gasteiger partial charge in [-0.2, -0.15) is 11.8 Å². The number of hydrogen-bond donors (Lipinski definition) is 1. The molecule has 2 N–H and O–H groups in total. The van der Waals surface area contributed by atoms with E-state index < -0.39 is 0 Å². The molecule has 0 bridgehead atoms. The zero-order chi connectivity index (χ0) is 13.1. The van der Waals surface area contributed by atoms with Crippen LogP contribution >= 0.6 is 23.5 Å². The molecule has 1 saturated heterocycles. The van der Waals surface area contributed by atoms with E-state index in [2.05, 4.69) is 23.7 Å². The van der Waals surface area contributed by atoms with Crippen LogP contribution in [-0.4, -0.2) is 26.7 Å². The topological polar surface area (TPSA) is 51.8 Å². The van der Waals surface area contributed by atoms with Gasteiger partial charge in [0.15, 0.2) is 0 Å². The minimum atomic E-state index is 0.00871. The Hall–Kier alpha value is -0.260. The van der Waals surface area contributed by atoms with Gasteiger partial charge in [0, 0.05) is 40.3 Å². The highest BCUT2D eigenvalue weighted by Crippen LogP contribution is 2.42. The number of nitrogens with zero attached hydrogens (tertiary/aromatic N) is 2. The summed E-state index contributed by atoms with van der Waals surface area (Å²) in [6.07, 6.45) is 3.09. The fourth-order valence-electron chi connectivity index (χ4n) is 2.22. The van der Waals surface area contributed by atoms with E-state index in [0.29, 0.717) is 10.5 Å². The van der Waals surface area contributed by atoms with Crippen LogP contribution in [-0.2, 0) is 0 Å². The number of aromatic nitrogens is 2. The van der Waals surface area contributed by atoms with Crippen molar-refractivity contribution in [2.45, 2.75) is 43.7 Å². The number of thioether (sulfide) groups is 2. The zero-order valence-electron chi connectivity index (χ0n) is 11.2. The van der Waals surface area contributed by atoms with E-state index in [1.165, 1.54) is 17.9 Å². The molecule has 2 unspecified atom stereocenters. The fraction of sp³-hybridized carbons (Fsp3) is 0.692. The van der Waals surface area contributed by atoms with Crippen molar-refractivity contribution in [3.05, 3.63) is 23.3 Å². The lowest BCUT2D eigenvalue weighted by molar-refractivity contribution is 0.725. The van der Waals surface area contributed by atoms with Gasteiger partial charge in [0.25, 0.3) is 0 Å². The van der Waals surface area contributed by atoms with Crippen LogP contribution in [0.5, 0.6) is 0 Å². The van der Waals surface area contributed by atoms with Crippen LogP contribution in [0, 0.1) is 6.92 Å². The Morgan fingerprint density at radius 2 is 2.17 bits per heavy atom. The van der Waals surface area contributed by atoms with Gasteiger partial charge >= 0.3 is 0 Å². The van der Waals surface area contributed by atoms with Crippen LogP contribution < -0.4 is 5.73 Å². The SMILES string of the molecule is CCC1SCCSC1c1ncc([C@H](C)N)c(C)n1. The molecule has 0 spiro atoms. The summed E-state index contributed by atoms with van der Waals surface area (Å²) in [6.45, 7) is 6.26. The molecule has 1 aromatic heterocycles. The van der Waals surface area contributed by atoms with Gasteiger partial charge in [0.2, 0.25) is 0 Å². The molecule has 5 heteroatoms. The maximum absolute atomic E-state index is 5.91. The third-order valence-electron chi connectivity index (χ3n) is 3.23. The summed E-state index contributed by atoms with van der Waals surface area (Å²) in [5.41, 5.74) is 7.99. The van der Waals surface area contributed by atoms with Crippen molar-refractivity contribution in [3.8, 4) is 0 Å². The number of nitrogens with two attached hydrogens (primary N) is 1. The van der Waals surface area contributed by atoms with Crippen LogP contribution in [0.25, 0.3) is 0 Å². The highest BCUT2D eigenvalue weighted by atomic mass is 32.2. The average Bonchev–Trinajstić information content (AvgIpc) is 2.38. The summed E-state index contributed by atoms with van der Waals surface area (Å²) >= 11 is 4.05. The van der Waals surface area contributed by atoms with E-state index in [-0.39, 0.29) is 6.04 Å². The molecule has 100 valence electrons. The van der Waals surface area contributed by atoms with E-state index >= 15 is 0 Å². The second-order valence-electron chi connectivity index (χ2n) is 4.67. The second kappa shape index (κ2) is 6.26. The molecule has 2 rings (SSSR count). The smallest absolute Gasteiger partial charge is 0.142 e. The quantitative estimate of drug-likeness (QED) is 0.923. The second-order valence-corrected chi connectivity index (χ2v) is 7.26. The Kier molecular flexibility index (Phi) is 4.92. The first-order valence-electron chi connectivity index (χ1n) is 6.45. The molecule has 0 aliphatic carbocycles. The van der Waals surface area contributed by atoms with E-state index in [4.69, 9.17) is 10.7 Å². The molecule has 0 amide bonds. The van der Waals surface area contributed by atoms with Crippen LogP contribution in [0.1, 0.15) is 48.6 Å². The molecule has 0 radical (unpaired) electrons. The van der Waals surface area contributed by atoms with Crippen LogP contribution in [0.15, 0.2) is 6.20 Å². The summed E-state index contributed by atoms with van der Waals surface area (Å²) in [5.74, 6) is 3.43. The maximum atomic E-state index is 5.91. The van der Waals surface area contributed by atoms with Crippen molar-refractivity contribution in [1.82, 2.24) is 9.97 Å². The first-order valence-corrected chi connectivity index (χ1v) is 8.55. The predicted molar refractivity (Wildman–Crippen MR) is 81.1 cm³/mol. The van der Waals surface area contributed by atoms with Gasteiger partial charge in [0.05, 0.1) is 5.25 Å². The minimum absolute atomic E-state index is 0.00871. The summed E-state index contributed by atoms with van der Waals surface area (Å²) in [6, 6.07) is 0.00871. The van der Waals surface area contributed by atoms with Crippen molar-refractivity contribution < 1.29 is 0 Å². The lowest BCUT2D eigenvalue weighted by atomic mass is 10.1. The molecule has 2 heterocycles. The minimum Gasteiger partial charge on any atom is -0.324 e. The van der Waals surface area contributed by atoms with Crippen molar-refractivity contribution in [1.29, 1.82) is 0 Å². The molecule has 0 aromatic carbocycles. The van der Waals surface area contributed by atoms with E-state index in [0.717, 1.165) is 17.1 Å². The predicted octanol–water partition coefficient (Wildman–Crippen LogP) is 3.10. The Morgan fingerprint density at radius 1 is 1.44 bits per heavy atom. The first-order chi connectivity index (χ1) is 8.63. The van der Waals surface area contributed by atoms with Gasteiger partial charge in [-0.1, -0.05) is 6.92 Å². The summed E-state index contributed by atoms with van der Waals surface area (Å²) in [5, 5.41) is 1.08. The van der Waals surface area contributed by atoms with Gasteiger partial charge < -0.3 is 5.73 Å². The van der Waals surface area contributed by atoms with Gasteiger partial charge in [-0.05, 0) is 20.3 Å². The first kappa shape index (κ1) is 14.2. The highest BCUT2D eigenvalue weighted by molar-refractivity contribution is 8.06. The molecular formula is C13H21N3S2. The van der Waals surface area contributed by atoms with Crippen molar-refractivity contribution >= 4 is 23.5 Å². The zero-order valence-corrected chi connectivity index (χ0v) is 12.9. The van der Waals surface area contributed by atoms with E-state index in [9.17, 15) is 0 Å². The van der Waals surface area contributed by atoms with Crippen molar-refractivity contribution in [2.75, 3.05) is 11.5 Å². The summed E-state index contributed by atoms with van der Waals surface area (Å²) in [7, 11) is 0. The van der Waals surface area contributed by atoms with Crippen molar-refractivity contribution in [2.24, 2.45) is 5.73 Å². The van der Waals surface area contributed by atoms with E-state index in [1.54, 1.807) is 0 Å². The average molecular weight is 283 g/mol. The molecule has 1 aliphatic rings. The van der Waals surface area contributed by atoms with Gasteiger partial charge in [0.1, 0.15) is 5.82 Å². The number of hydrogen-bond acceptors (Lipinski definition) is 5. The Bertz CT molecular complexity index is 409. The van der Waals surface area contributed by atoms with Crippen LogP contribution in [0.2, 0.25) is 0 Å². The van der Waals surface area contributed by atoms with E-state index in [1.807, 2.05) is 31.8 Å². The molecule has 3 nitrogen and oxygen atoms in total. The number of rotatable bonds is 3. The molecule has 0 saturated carbocycles. The van der Waals surface area contributed by atoms with Gasteiger partial charge in [-0.3, -0.25) is 0 Å². The fourth-order valence-corrected chi connectivity index (χ4v) is 5.22. The molecule has 18 heavy (non-hydrogen) atoms. The maximum Gasteiger partial charge on any atom is 0.142 e. The normalized spacial score (nSPS) is 26.0. The molecule has 1 aliphatic heterocycles. The Labute approximate surface area is 118 Å². The lowest BCUT2D eigenvalue weighted by Crippen LogP contribution is -2.21. The molecule has 1 fully saturated rings. The summed E-state index contributed by atoms with van der Waals surface area (Å²) in [4.78, 5) is 9.25. The number of aryl methyl sites for hydroxylation is 1. The molecular weight excluding hydrogens is 262 g/mol. The monoisotopic (exact) mass is 283 g/mol. The van der Waals surface area contributed by atoms with Crippen molar-refractivity contribution in [3.63, 3.8) is 0 Å². The van der Waals surface area contributed by atoms with Gasteiger partial charge in [-0.25, -0.2) is 9.97 Å². The lowest BCUT2D eigenvalue weighted by Gasteiger charge is -2.29. The standard InChI is InChI=1S/C13H21N3S2/c1-4-11-12(18-6-5-17-11)13-15-7-10(8(2)14)9(3)16-13/h7-8,11-12H,4-6,14H2,1-3H3/t8-,11?,12?/m0/s1. The van der Waals surface area contributed by atoms with Crippen LogP contribution in [0.4, 0.5) is 0 Å². The molecule has 1 aromatic rings.